The molecule has 0 saturated carbocycles. The maximum Gasteiger partial charge on any atom is 0.319 e. The predicted octanol–water partition coefficient (Wildman–Crippen LogP) is 3.64. The number of rotatable bonds is 4. The topological polar surface area (TPSA) is 87.4 Å². The first-order chi connectivity index (χ1) is 11.6. The summed E-state index contributed by atoms with van der Waals surface area (Å²) < 4.78 is 5.21. The number of pyridine rings is 1. The average molecular weight is 346 g/mol. The molecule has 0 fully saturated rings. The Labute approximate surface area is 143 Å². The molecule has 0 spiro atoms. The molecule has 0 bridgehead atoms. The number of hydrogen-bond acceptors (Lipinski definition) is 4. The van der Waals surface area contributed by atoms with Gasteiger partial charge in [-0.3, -0.25) is 4.98 Å². The standard InChI is InChI=1S/C17H16ClN3O3/c1-10-8-12(18)16(11-4-2-6-19-15(10)11)21-17(23)20-13(9-22)14-5-3-7-24-14/h2-8,13,22H,9H2,1H3,(H2,20,21,23)/t13-/m0/s1. The molecular weight excluding hydrogens is 330 g/mol. The zero-order chi connectivity index (χ0) is 17.1. The Morgan fingerprint density at radius 1 is 1.42 bits per heavy atom. The second-order valence-electron chi connectivity index (χ2n) is 5.30. The van der Waals surface area contributed by atoms with Gasteiger partial charge in [-0.2, -0.15) is 0 Å². The Morgan fingerprint density at radius 3 is 2.96 bits per heavy atom. The molecule has 0 aliphatic heterocycles. The van der Waals surface area contributed by atoms with E-state index in [1.165, 1.54) is 6.26 Å². The number of furan rings is 1. The summed E-state index contributed by atoms with van der Waals surface area (Å²) in [7, 11) is 0. The summed E-state index contributed by atoms with van der Waals surface area (Å²) in [6, 6.07) is 7.60. The maximum absolute atomic E-state index is 12.3. The minimum atomic E-state index is -0.645. The summed E-state index contributed by atoms with van der Waals surface area (Å²) in [5, 5.41) is 16.0. The second kappa shape index (κ2) is 6.90. The zero-order valence-electron chi connectivity index (χ0n) is 12.9. The number of nitrogens with zero attached hydrogens (tertiary/aromatic N) is 1. The highest BCUT2D eigenvalue weighted by Gasteiger charge is 2.18. The number of hydrogen-bond donors (Lipinski definition) is 3. The van der Waals surface area contributed by atoms with Crippen molar-refractivity contribution in [2.24, 2.45) is 0 Å². The number of nitrogens with one attached hydrogen (secondary N) is 2. The lowest BCUT2D eigenvalue weighted by atomic mass is 10.1. The van der Waals surface area contributed by atoms with Gasteiger partial charge in [0.2, 0.25) is 0 Å². The molecule has 3 aromatic rings. The third kappa shape index (κ3) is 3.20. The van der Waals surface area contributed by atoms with Gasteiger partial charge in [-0.15, -0.1) is 0 Å². The van der Waals surface area contributed by atoms with Gasteiger partial charge >= 0.3 is 6.03 Å². The normalized spacial score (nSPS) is 12.1. The number of carbonyl (C=O) groups is 1. The van der Waals surface area contributed by atoms with E-state index >= 15 is 0 Å². The van der Waals surface area contributed by atoms with Crippen molar-refractivity contribution in [3.05, 3.63) is 59.1 Å². The number of fused-ring (bicyclic) bond motifs is 1. The first-order valence-corrected chi connectivity index (χ1v) is 7.73. The quantitative estimate of drug-likeness (QED) is 0.673. The molecule has 3 N–H and O–H groups in total. The fourth-order valence-corrected chi connectivity index (χ4v) is 2.82. The molecule has 0 aliphatic carbocycles. The van der Waals surface area contributed by atoms with Crippen molar-refractivity contribution in [3.8, 4) is 0 Å². The van der Waals surface area contributed by atoms with E-state index in [0.717, 1.165) is 16.5 Å². The lowest BCUT2D eigenvalue weighted by Gasteiger charge is -2.16. The minimum Gasteiger partial charge on any atom is -0.467 e. The Kier molecular flexibility index (Phi) is 4.69. The number of halogens is 1. The van der Waals surface area contributed by atoms with Gasteiger partial charge in [0.1, 0.15) is 11.8 Å². The highest BCUT2D eigenvalue weighted by atomic mass is 35.5. The molecule has 7 heteroatoms. The van der Waals surface area contributed by atoms with E-state index in [1.807, 2.05) is 13.0 Å². The van der Waals surface area contributed by atoms with Gasteiger partial charge in [-0.05, 0) is 42.8 Å². The van der Waals surface area contributed by atoms with Gasteiger partial charge in [-0.25, -0.2) is 4.79 Å². The van der Waals surface area contributed by atoms with Crippen molar-refractivity contribution < 1.29 is 14.3 Å². The van der Waals surface area contributed by atoms with Crippen molar-refractivity contribution in [1.82, 2.24) is 10.3 Å². The van der Waals surface area contributed by atoms with Crippen molar-refractivity contribution in [1.29, 1.82) is 0 Å². The molecule has 0 aliphatic rings. The Morgan fingerprint density at radius 2 is 2.25 bits per heavy atom. The SMILES string of the molecule is Cc1cc(Cl)c(NC(=O)N[C@@H](CO)c2ccco2)c2cccnc12. The van der Waals surface area contributed by atoms with Crippen molar-refractivity contribution in [2.75, 3.05) is 11.9 Å². The van der Waals surface area contributed by atoms with Gasteiger partial charge in [0.15, 0.2) is 0 Å². The zero-order valence-corrected chi connectivity index (χ0v) is 13.7. The lowest BCUT2D eigenvalue weighted by Crippen LogP contribution is -2.34. The molecule has 6 nitrogen and oxygen atoms in total. The number of aliphatic hydroxyl groups is 1. The Balaban J connectivity index is 1.86. The summed E-state index contributed by atoms with van der Waals surface area (Å²) in [6.45, 7) is 1.62. The second-order valence-corrected chi connectivity index (χ2v) is 5.71. The average Bonchev–Trinajstić information content (AvgIpc) is 3.11. The summed E-state index contributed by atoms with van der Waals surface area (Å²) in [5.74, 6) is 0.467. The maximum atomic E-state index is 12.3. The fourth-order valence-electron chi connectivity index (χ4n) is 2.51. The number of aromatic nitrogens is 1. The van der Waals surface area contributed by atoms with Crippen LogP contribution in [0, 0.1) is 6.92 Å². The molecule has 3 rings (SSSR count). The van der Waals surface area contributed by atoms with E-state index < -0.39 is 12.1 Å². The van der Waals surface area contributed by atoms with Gasteiger partial charge in [0.05, 0.1) is 29.1 Å². The first-order valence-electron chi connectivity index (χ1n) is 7.35. The molecule has 2 aromatic heterocycles. The predicted molar refractivity (Wildman–Crippen MR) is 92.2 cm³/mol. The molecule has 0 unspecified atom stereocenters. The van der Waals surface area contributed by atoms with Crippen LogP contribution in [0.15, 0.2) is 47.2 Å². The van der Waals surface area contributed by atoms with Crippen molar-refractivity contribution in [2.45, 2.75) is 13.0 Å². The number of amides is 2. The molecule has 2 heterocycles. The highest BCUT2D eigenvalue weighted by molar-refractivity contribution is 6.35. The molecule has 124 valence electrons. The van der Waals surface area contributed by atoms with Crippen LogP contribution in [0.1, 0.15) is 17.4 Å². The Hall–Kier alpha value is -2.57. The molecule has 0 saturated heterocycles. The molecule has 2 amide bonds. The van der Waals surface area contributed by atoms with Crippen LogP contribution in [0.4, 0.5) is 10.5 Å². The summed E-state index contributed by atoms with van der Waals surface area (Å²) in [6.07, 6.45) is 3.17. The third-order valence-corrected chi connectivity index (χ3v) is 3.94. The summed E-state index contributed by atoms with van der Waals surface area (Å²) in [5.41, 5.74) is 2.16. The van der Waals surface area contributed by atoms with Crippen molar-refractivity contribution in [3.63, 3.8) is 0 Å². The van der Waals surface area contributed by atoms with Crippen LogP contribution >= 0.6 is 11.6 Å². The van der Waals surface area contributed by atoms with Crippen molar-refractivity contribution >= 4 is 34.2 Å². The summed E-state index contributed by atoms with van der Waals surface area (Å²) in [4.78, 5) is 16.6. The molecule has 24 heavy (non-hydrogen) atoms. The largest absolute Gasteiger partial charge is 0.467 e. The van der Waals surface area contributed by atoms with Crippen LogP contribution < -0.4 is 10.6 Å². The Bertz CT molecular complexity index is 865. The smallest absolute Gasteiger partial charge is 0.319 e. The molecule has 1 aromatic carbocycles. The number of urea groups is 1. The summed E-state index contributed by atoms with van der Waals surface area (Å²) >= 11 is 6.28. The van der Waals surface area contributed by atoms with E-state index in [-0.39, 0.29) is 6.61 Å². The van der Waals surface area contributed by atoms with E-state index in [9.17, 15) is 9.90 Å². The van der Waals surface area contributed by atoms with E-state index in [4.69, 9.17) is 16.0 Å². The highest BCUT2D eigenvalue weighted by Crippen LogP contribution is 2.32. The van der Waals surface area contributed by atoms with E-state index in [2.05, 4.69) is 15.6 Å². The number of aliphatic hydroxyl groups excluding tert-OH is 1. The lowest BCUT2D eigenvalue weighted by molar-refractivity contribution is 0.215. The van der Waals surface area contributed by atoms with Crippen LogP contribution in [-0.4, -0.2) is 22.7 Å². The minimum absolute atomic E-state index is 0.287. The number of carbonyl (C=O) groups excluding carboxylic acids is 1. The van der Waals surface area contributed by atoms with Gasteiger partial charge in [0, 0.05) is 11.6 Å². The molecular formula is C17H16ClN3O3. The first kappa shape index (κ1) is 16.3. The number of anilines is 1. The van der Waals surface area contributed by atoms with Gasteiger partial charge in [-0.1, -0.05) is 11.6 Å². The van der Waals surface area contributed by atoms with Crippen LogP contribution in [0.2, 0.25) is 5.02 Å². The molecule has 0 radical (unpaired) electrons. The fraction of sp³-hybridized carbons (Fsp3) is 0.176. The van der Waals surface area contributed by atoms with Gasteiger partial charge in [0.25, 0.3) is 0 Å². The third-order valence-electron chi connectivity index (χ3n) is 3.65. The number of aryl methyl sites for hydroxylation is 1. The van der Waals surface area contributed by atoms with E-state index in [1.54, 1.807) is 30.5 Å². The van der Waals surface area contributed by atoms with Crippen LogP contribution in [0.5, 0.6) is 0 Å². The van der Waals surface area contributed by atoms with Crippen LogP contribution in [-0.2, 0) is 0 Å². The van der Waals surface area contributed by atoms with Gasteiger partial charge < -0.3 is 20.2 Å². The monoisotopic (exact) mass is 345 g/mol. The van der Waals surface area contributed by atoms with E-state index in [0.29, 0.717) is 16.5 Å². The number of benzene rings is 1. The molecule has 1 atom stereocenters. The van der Waals surface area contributed by atoms with Crippen LogP contribution in [0.3, 0.4) is 0 Å². The van der Waals surface area contributed by atoms with Crippen LogP contribution in [0.25, 0.3) is 10.9 Å².